The van der Waals surface area contributed by atoms with E-state index in [1.54, 1.807) is 7.11 Å². The Morgan fingerprint density at radius 2 is 1.94 bits per heavy atom. The van der Waals surface area contributed by atoms with Crippen molar-refractivity contribution in [3.8, 4) is 0 Å². The normalized spacial score (nSPS) is 34.0. The minimum Gasteiger partial charge on any atom is -0.436 e. The van der Waals surface area contributed by atoms with Gasteiger partial charge in [-0.2, -0.15) is 0 Å². The van der Waals surface area contributed by atoms with Crippen LogP contribution in [0.15, 0.2) is 0 Å². The molecule has 0 radical (unpaired) electrons. The van der Waals surface area contributed by atoms with Crippen molar-refractivity contribution in [2.75, 3.05) is 20.3 Å². The van der Waals surface area contributed by atoms with E-state index in [0.29, 0.717) is 0 Å². The van der Waals surface area contributed by atoms with Crippen molar-refractivity contribution in [3.05, 3.63) is 0 Å². The van der Waals surface area contributed by atoms with Crippen molar-refractivity contribution in [1.29, 1.82) is 0 Å². The zero-order chi connectivity index (χ0) is 13.5. The van der Waals surface area contributed by atoms with Crippen LogP contribution in [-0.2, 0) is 13.3 Å². The molecule has 1 saturated heterocycles. The van der Waals surface area contributed by atoms with Crippen LogP contribution < -0.4 is 0 Å². The van der Waals surface area contributed by atoms with Crippen molar-refractivity contribution in [1.82, 2.24) is 0 Å². The molecular formula is C13H30O3Si2. The standard InChI is InChI=1S/C13H30O3Si2/c1-5-11-17(3)12-7-6-10-15-18(4,16-17)13-8-9-14-2/h5-13H2,1-4H3. The summed E-state index contributed by atoms with van der Waals surface area (Å²) in [4.78, 5) is 0. The molecule has 2 unspecified atom stereocenters. The summed E-state index contributed by atoms with van der Waals surface area (Å²) in [6, 6.07) is 3.67. The van der Waals surface area contributed by atoms with Crippen LogP contribution in [0.4, 0.5) is 0 Å². The first-order valence-corrected chi connectivity index (χ1v) is 12.7. The van der Waals surface area contributed by atoms with E-state index >= 15 is 0 Å². The molecule has 1 aliphatic rings. The lowest BCUT2D eigenvalue weighted by Crippen LogP contribution is -2.51. The van der Waals surface area contributed by atoms with Gasteiger partial charge in [0.15, 0.2) is 8.32 Å². The average molecular weight is 291 g/mol. The van der Waals surface area contributed by atoms with E-state index in [0.717, 1.165) is 25.7 Å². The summed E-state index contributed by atoms with van der Waals surface area (Å²) < 4.78 is 18.0. The lowest BCUT2D eigenvalue weighted by Gasteiger charge is -2.39. The minimum absolute atomic E-state index is 0.821. The van der Waals surface area contributed by atoms with Crippen LogP contribution in [0.3, 0.4) is 0 Å². The fraction of sp³-hybridized carbons (Fsp3) is 1.00. The lowest BCUT2D eigenvalue weighted by atomic mass is 10.4. The van der Waals surface area contributed by atoms with E-state index in [9.17, 15) is 0 Å². The molecule has 1 heterocycles. The molecule has 0 bridgehead atoms. The van der Waals surface area contributed by atoms with Crippen molar-refractivity contribution in [3.63, 3.8) is 0 Å². The summed E-state index contributed by atoms with van der Waals surface area (Å²) in [5.41, 5.74) is 0. The predicted molar refractivity (Wildman–Crippen MR) is 80.7 cm³/mol. The molecule has 1 aliphatic heterocycles. The van der Waals surface area contributed by atoms with Crippen molar-refractivity contribution >= 4 is 16.9 Å². The smallest absolute Gasteiger partial charge is 0.324 e. The Hall–Kier alpha value is 0.314. The van der Waals surface area contributed by atoms with Gasteiger partial charge in [-0.1, -0.05) is 19.8 Å². The summed E-state index contributed by atoms with van der Waals surface area (Å²) in [7, 11) is -1.70. The summed E-state index contributed by atoms with van der Waals surface area (Å²) in [5, 5.41) is 0. The first-order chi connectivity index (χ1) is 8.54. The van der Waals surface area contributed by atoms with Gasteiger partial charge in [-0.05, 0) is 44.1 Å². The predicted octanol–water partition coefficient (Wildman–Crippen LogP) is 3.91. The number of hydrogen-bond donors (Lipinski definition) is 0. The molecule has 0 aromatic rings. The number of rotatable bonds is 6. The largest absolute Gasteiger partial charge is 0.436 e. The van der Waals surface area contributed by atoms with E-state index in [1.807, 2.05) is 0 Å². The zero-order valence-electron chi connectivity index (χ0n) is 12.6. The molecule has 18 heavy (non-hydrogen) atoms. The molecule has 0 saturated carbocycles. The van der Waals surface area contributed by atoms with Gasteiger partial charge in [-0.25, -0.2) is 0 Å². The molecule has 108 valence electrons. The highest BCUT2D eigenvalue weighted by molar-refractivity contribution is 6.83. The first kappa shape index (κ1) is 16.4. The summed E-state index contributed by atoms with van der Waals surface area (Å²) in [6.07, 6.45) is 4.80. The second kappa shape index (κ2) is 7.79. The molecule has 5 heteroatoms. The molecule has 0 aromatic carbocycles. The Bertz CT molecular complexity index is 240. The molecule has 0 aromatic heterocycles. The molecule has 0 spiro atoms. The second-order valence-corrected chi connectivity index (χ2v) is 13.6. The molecular weight excluding hydrogens is 260 g/mol. The fourth-order valence-electron chi connectivity index (χ4n) is 2.86. The third kappa shape index (κ3) is 5.53. The number of ether oxygens (including phenoxy) is 1. The Kier molecular flexibility index (Phi) is 7.09. The molecule has 0 amide bonds. The average Bonchev–Trinajstić information content (AvgIpc) is 2.27. The Morgan fingerprint density at radius 3 is 2.61 bits per heavy atom. The zero-order valence-corrected chi connectivity index (χ0v) is 14.6. The van der Waals surface area contributed by atoms with Gasteiger partial charge in [0.2, 0.25) is 0 Å². The fourth-order valence-corrected chi connectivity index (χ4v) is 12.3. The summed E-state index contributed by atoms with van der Waals surface area (Å²) in [6.45, 7) is 8.65. The SMILES string of the molecule is CCC[Si]1(C)CCCCO[Si](C)(CCCOC)O1. The maximum Gasteiger partial charge on any atom is 0.324 e. The third-order valence-electron chi connectivity index (χ3n) is 3.73. The molecule has 3 nitrogen and oxygen atoms in total. The van der Waals surface area contributed by atoms with Crippen LogP contribution in [0.1, 0.15) is 32.6 Å². The van der Waals surface area contributed by atoms with E-state index in [4.69, 9.17) is 13.3 Å². The third-order valence-corrected chi connectivity index (χ3v) is 12.5. The number of methoxy groups -OCH3 is 1. The summed E-state index contributed by atoms with van der Waals surface area (Å²) in [5.74, 6) is 0. The molecule has 2 atom stereocenters. The molecule has 0 aliphatic carbocycles. The highest BCUT2D eigenvalue weighted by Crippen LogP contribution is 2.31. The van der Waals surface area contributed by atoms with E-state index < -0.39 is 16.9 Å². The monoisotopic (exact) mass is 290 g/mol. The van der Waals surface area contributed by atoms with Crippen LogP contribution in [-0.4, -0.2) is 37.2 Å². The number of hydrogen-bond acceptors (Lipinski definition) is 3. The molecule has 0 N–H and O–H groups in total. The quantitative estimate of drug-likeness (QED) is 0.548. The minimum atomic E-state index is -1.95. The Balaban J connectivity index is 2.61. The summed E-state index contributed by atoms with van der Waals surface area (Å²) >= 11 is 0. The maximum atomic E-state index is 6.65. The lowest BCUT2D eigenvalue weighted by molar-refractivity contribution is 0.187. The van der Waals surface area contributed by atoms with Gasteiger partial charge < -0.3 is 13.3 Å². The van der Waals surface area contributed by atoms with Crippen LogP contribution in [0.2, 0.25) is 31.2 Å². The van der Waals surface area contributed by atoms with Gasteiger partial charge in [0.25, 0.3) is 0 Å². The Morgan fingerprint density at radius 1 is 1.17 bits per heavy atom. The van der Waals surface area contributed by atoms with Gasteiger partial charge in [-0.15, -0.1) is 0 Å². The Labute approximate surface area is 115 Å². The highest BCUT2D eigenvalue weighted by Gasteiger charge is 2.41. The van der Waals surface area contributed by atoms with Gasteiger partial charge in [-0.3, -0.25) is 0 Å². The molecule has 1 fully saturated rings. The first-order valence-electron chi connectivity index (χ1n) is 7.37. The van der Waals surface area contributed by atoms with Crippen LogP contribution in [0, 0.1) is 0 Å². The van der Waals surface area contributed by atoms with Crippen LogP contribution in [0.25, 0.3) is 0 Å². The van der Waals surface area contributed by atoms with Crippen LogP contribution in [0.5, 0.6) is 0 Å². The van der Waals surface area contributed by atoms with Gasteiger partial charge in [0, 0.05) is 20.3 Å². The van der Waals surface area contributed by atoms with Gasteiger partial charge >= 0.3 is 8.56 Å². The van der Waals surface area contributed by atoms with Crippen molar-refractivity contribution < 1.29 is 13.3 Å². The van der Waals surface area contributed by atoms with Gasteiger partial charge in [0.1, 0.15) is 0 Å². The highest BCUT2D eigenvalue weighted by atomic mass is 28.4. The topological polar surface area (TPSA) is 27.7 Å². The van der Waals surface area contributed by atoms with E-state index in [1.165, 1.54) is 31.4 Å². The maximum absolute atomic E-state index is 6.65. The molecule has 1 rings (SSSR count). The van der Waals surface area contributed by atoms with Crippen LogP contribution >= 0.6 is 0 Å². The van der Waals surface area contributed by atoms with E-state index in [-0.39, 0.29) is 0 Å². The van der Waals surface area contributed by atoms with Crippen molar-refractivity contribution in [2.45, 2.75) is 63.8 Å². The van der Waals surface area contributed by atoms with E-state index in [2.05, 4.69) is 20.0 Å². The van der Waals surface area contributed by atoms with Gasteiger partial charge in [0.05, 0.1) is 0 Å². The second-order valence-electron chi connectivity index (χ2n) is 5.84. The van der Waals surface area contributed by atoms with Crippen molar-refractivity contribution in [2.24, 2.45) is 0 Å².